The summed E-state index contributed by atoms with van der Waals surface area (Å²) in [5, 5.41) is 19.1. The van der Waals surface area contributed by atoms with Crippen LogP contribution < -0.4 is 9.47 Å². The smallest absolute Gasteiger partial charge is 0.304 e. The second-order valence-corrected chi connectivity index (χ2v) is 9.74. The van der Waals surface area contributed by atoms with Crippen LogP contribution >= 0.6 is 0 Å². The van der Waals surface area contributed by atoms with Crippen molar-refractivity contribution in [3.8, 4) is 40.7 Å². The van der Waals surface area contributed by atoms with Crippen molar-refractivity contribution in [2.45, 2.75) is 57.2 Å². The number of rotatable bonds is 8. The Morgan fingerprint density at radius 1 is 1.10 bits per heavy atom. The number of carbonyl (C=O) groups is 1. The monoisotopic (exact) mass is 522 g/mol. The molecular weight excluding hydrogens is 492 g/mol. The predicted molar refractivity (Wildman–Crippen MR) is 145 cm³/mol. The van der Waals surface area contributed by atoms with E-state index in [4.69, 9.17) is 14.2 Å². The summed E-state index contributed by atoms with van der Waals surface area (Å²) in [4.78, 5) is 15.8. The molecule has 1 aliphatic carbocycles. The summed E-state index contributed by atoms with van der Waals surface area (Å²) < 4.78 is 17.8. The Morgan fingerprint density at radius 2 is 1.90 bits per heavy atom. The SMILES string of the molecule is CC#CC(CC(=O)O)c1ccc(O[C@@H]2CCc3c2ccc(C#N)c3-c2ccc(OC3CCOCC3)nc2)cc1. The average molecular weight is 523 g/mol. The molecule has 0 amide bonds. The Kier molecular flexibility index (Phi) is 8.10. The minimum atomic E-state index is -0.880. The standard InChI is InChI=1S/C32H30N2O5/c1-2-3-22(18-31(35)36)21-4-8-25(9-5-21)38-29-12-11-28-27(29)10-6-23(19-33)32(28)24-7-13-30(34-20-24)39-26-14-16-37-17-15-26/h4-10,13,20,22,26,29H,11-12,14-18H2,1H3,(H,35,36)/t22?,29-/m1/s1. The number of aliphatic carboxylic acids is 1. The topological polar surface area (TPSA) is 102 Å². The van der Waals surface area contributed by atoms with E-state index in [2.05, 4.69) is 22.9 Å². The molecule has 3 aromatic rings. The molecular formula is C32H30N2O5. The maximum Gasteiger partial charge on any atom is 0.304 e. The third kappa shape index (κ3) is 6.06. The molecule has 0 spiro atoms. The Hall–Kier alpha value is -4.33. The van der Waals surface area contributed by atoms with Crippen LogP contribution in [0.4, 0.5) is 0 Å². The molecule has 2 heterocycles. The number of hydrogen-bond acceptors (Lipinski definition) is 6. The van der Waals surface area contributed by atoms with Crippen LogP contribution in [0.15, 0.2) is 54.7 Å². The van der Waals surface area contributed by atoms with Crippen molar-refractivity contribution in [1.82, 2.24) is 4.98 Å². The van der Waals surface area contributed by atoms with Gasteiger partial charge in [-0.25, -0.2) is 4.98 Å². The zero-order valence-corrected chi connectivity index (χ0v) is 21.9. The zero-order chi connectivity index (χ0) is 27.2. The lowest BCUT2D eigenvalue weighted by Crippen LogP contribution is -2.26. The minimum Gasteiger partial charge on any atom is -0.486 e. The van der Waals surface area contributed by atoms with E-state index >= 15 is 0 Å². The molecule has 2 aliphatic rings. The molecule has 2 aromatic carbocycles. The second kappa shape index (κ2) is 12.0. The van der Waals surface area contributed by atoms with Gasteiger partial charge in [0.15, 0.2) is 0 Å². The fourth-order valence-corrected chi connectivity index (χ4v) is 5.32. The van der Waals surface area contributed by atoms with Gasteiger partial charge in [-0.2, -0.15) is 5.26 Å². The van der Waals surface area contributed by atoms with Crippen LogP contribution in [0, 0.1) is 23.2 Å². The van der Waals surface area contributed by atoms with E-state index in [1.54, 1.807) is 13.1 Å². The minimum absolute atomic E-state index is 0.0431. The highest BCUT2D eigenvalue weighted by molar-refractivity contribution is 5.76. The van der Waals surface area contributed by atoms with Crippen molar-refractivity contribution in [2.75, 3.05) is 13.2 Å². The fraction of sp³-hybridized carbons (Fsp3) is 0.344. The normalized spacial score (nSPS) is 17.3. The number of carboxylic acid groups (broad SMARTS) is 1. The van der Waals surface area contributed by atoms with Crippen LogP contribution in [0.3, 0.4) is 0 Å². The molecule has 1 aromatic heterocycles. The summed E-state index contributed by atoms with van der Waals surface area (Å²) in [7, 11) is 0. The second-order valence-electron chi connectivity index (χ2n) is 9.74. The average Bonchev–Trinajstić information content (AvgIpc) is 3.36. The molecule has 7 nitrogen and oxygen atoms in total. The third-order valence-electron chi connectivity index (χ3n) is 7.21. The first-order chi connectivity index (χ1) is 19.1. The zero-order valence-electron chi connectivity index (χ0n) is 21.9. The Morgan fingerprint density at radius 3 is 2.56 bits per heavy atom. The van der Waals surface area contributed by atoms with Crippen LogP contribution in [-0.4, -0.2) is 35.4 Å². The number of nitriles is 1. The van der Waals surface area contributed by atoms with Crippen LogP contribution in [0.5, 0.6) is 11.6 Å². The quantitative estimate of drug-likeness (QED) is 0.372. The van der Waals surface area contributed by atoms with E-state index in [1.165, 1.54) is 0 Å². The predicted octanol–water partition coefficient (Wildman–Crippen LogP) is 5.83. The number of hydrogen-bond donors (Lipinski definition) is 1. The lowest BCUT2D eigenvalue weighted by molar-refractivity contribution is -0.137. The lowest BCUT2D eigenvalue weighted by atomic mass is 9.93. The van der Waals surface area contributed by atoms with E-state index < -0.39 is 5.97 Å². The highest BCUT2D eigenvalue weighted by Gasteiger charge is 2.29. The van der Waals surface area contributed by atoms with Crippen LogP contribution in [0.25, 0.3) is 11.1 Å². The lowest BCUT2D eigenvalue weighted by Gasteiger charge is -2.22. The molecule has 0 radical (unpaired) electrons. The first-order valence-corrected chi connectivity index (χ1v) is 13.2. The first-order valence-electron chi connectivity index (χ1n) is 13.2. The number of fused-ring (bicyclic) bond motifs is 1. The molecule has 2 atom stereocenters. The number of ether oxygens (including phenoxy) is 3. The molecule has 0 saturated carbocycles. The van der Waals surface area contributed by atoms with Crippen LogP contribution in [-0.2, 0) is 16.0 Å². The van der Waals surface area contributed by atoms with Gasteiger partial charge in [-0.15, -0.1) is 5.92 Å². The van der Waals surface area contributed by atoms with Crippen LogP contribution in [0.1, 0.15) is 66.9 Å². The van der Waals surface area contributed by atoms with Gasteiger partial charge in [0.25, 0.3) is 0 Å². The number of aromatic nitrogens is 1. The van der Waals surface area contributed by atoms with Gasteiger partial charge in [0.2, 0.25) is 5.88 Å². The molecule has 1 aliphatic heterocycles. The third-order valence-corrected chi connectivity index (χ3v) is 7.21. The van der Waals surface area contributed by atoms with Gasteiger partial charge in [-0.05, 0) is 60.7 Å². The van der Waals surface area contributed by atoms with E-state index in [9.17, 15) is 15.2 Å². The van der Waals surface area contributed by atoms with Crippen LogP contribution in [0.2, 0.25) is 0 Å². The van der Waals surface area contributed by atoms with E-state index in [0.29, 0.717) is 30.4 Å². The van der Waals surface area contributed by atoms with Gasteiger partial charge in [-0.1, -0.05) is 24.1 Å². The largest absolute Gasteiger partial charge is 0.486 e. The summed E-state index contributed by atoms with van der Waals surface area (Å²) >= 11 is 0. The van der Waals surface area contributed by atoms with Crippen molar-refractivity contribution in [1.29, 1.82) is 5.26 Å². The summed E-state index contributed by atoms with van der Waals surface area (Å²) in [6.07, 6.45) is 5.00. The Labute approximate surface area is 228 Å². The van der Waals surface area contributed by atoms with E-state index in [0.717, 1.165) is 53.5 Å². The molecule has 5 rings (SSSR count). The number of nitrogens with zero attached hydrogens (tertiary/aromatic N) is 2. The molecule has 1 N–H and O–H groups in total. The van der Waals surface area contributed by atoms with E-state index in [1.807, 2.05) is 48.5 Å². The van der Waals surface area contributed by atoms with Gasteiger partial charge >= 0.3 is 5.97 Å². The molecule has 0 bridgehead atoms. The van der Waals surface area contributed by atoms with Crippen molar-refractivity contribution in [3.63, 3.8) is 0 Å². The summed E-state index contributed by atoms with van der Waals surface area (Å²) in [6.45, 7) is 3.12. The maximum atomic E-state index is 11.2. The van der Waals surface area contributed by atoms with Crippen molar-refractivity contribution < 1.29 is 24.1 Å². The molecule has 1 fully saturated rings. The number of carboxylic acids is 1. The Balaban J connectivity index is 1.34. The van der Waals surface area contributed by atoms with Gasteiger partial charge in [0.1, 0.15) is 18.0 Å². The Bertz CT molecular complexity index is 1420. The summed E-state index contributed by atoms with van der Waals surface area (Å²) in [5.41, 5.74) is 5.42. The first kappa shape index (κ1) is 26.3. The van der Waals surface area contributed by atoms with Gasteiger partial charge in [-0.3, -0.25) is 4.79 Å². The molecule has 7 heteroatoms. The van der Waals surface area contributed by atoms with Crippen molar-refractivity contribution >= 4 is 5.97 Å². The van der Waals surface area contributed by atoms with Crippen molar-refractivity contribution in [2.24, 2.45) is 0 Å². The van der Waals surface area contributed by atoms with Crippen molar-refractivity contribution in [3.05, 3.63) is 77.0 Å². The fourth-order valence-electron chi connectivity index (χ4n) is 5.32. The number of benzene rings is 2. The maximum absolute atomic E-state index is 11.2. The summed E-state index contributed by atoms with van der Waals surface area (Å²) in [6, 6.07) is 17.5. The molecule has 39 heavy (non-hydrogen) atoms. The van der Waals surface area contributed by atoms with E-state index in [-0.39, 0.29) is 24.5 Å². The highest BCUT2D eigenvalue weighted by Crippen LogP contribution is 2.42. The van der Waals surface area contributed by atoms with Gasteiger partial charge < -0.3 is 19.3 Å². The van der Waals surface area contributed by atoms with Gasteiger partial charge in [0, 0.05) is 36.2 Å². The molecule has 198 valence electrons. The molecule has 1 unspecified atom stereocenters. The summed E-state index contributed by atoms with van der Waals surface area (Å²) in [5.74, 6) is 5.85. The van der Waals surface area contributed by atoms with Gasteiger partial charge in [0.05, 0.1) is 37.2 Å². The molecule has 1 saturated heterocycles. The number of pyridine rings is 1. The highest BCUT2D eigenvalue weighted by atomic mass is 16.5.